The van der Waals surface area contributed by atoms with Crippen LogP contribution in [-0.4, -0.2) is 95.8 Å². The van der Waals surface area contributed by atoms with Gasteiger partial charge in [-0.15, -0.1) is 0 Å². The summed E-state index contributed by atoms with van der Waals surface area (Å²) in [6.07, 6.45) is -0.160. The zero-order valence-corrected chi connectivity index (χ0v) is 26.5. The van der Waals surface area contributed by atoms with Crippen LogP contribution in [0.5, 0.6) is 11.5 Å². The molecular weight excluding hydrogens is 624 g/mol. The third-order valence-electron chi connectivity index (χ3n) is 7.59. The number of ether oxygens (including phenoxy) is 2. The third kappa shape index (κ3) is 7.54. The van der Waals surface area contributed by atoms with E-state index in [1.807, 2.05) is 20.8 Å². The van der Waals surface area contributed by atoms with Gasteiger partial charge in [-0.2, -0.15) is 18.0 Å². The van der Waals surface area contributed by atoms with Crippen molar-refractivity contribution in [3.63, 3.8) is 0 Å². The smallest absolute Gasteiger partial charge is 0.410 e. The van der Waals surface area contributed by atoms with Crippen molar-refractivity contribution in [3.05, 3.63) is 58.4 Å². The predicted octanol–water partition coefficient (Wildman–Crippen LogP) is 3.45. The molecule has 1 amide bonds. The van der Waals surface area contributed by atoms with Gasteiger partial charge in [0.1, 0.15) is 29.2 Å². The zero-order chi connectivity index (χ0) is 33.2. The van der Waals surface area contributed by atoms with E-state index in [-0.39, 0.29) is 48.0 Å². The Morgan fingerprint density at radius 2 is 1.87 bits per heavy atom. The highest BCUT2D eigenvalue weighted by atomic mass is 32.2. The highest BCUT2D eigenvalue weighted by Gasteiger charge is 2.32. The van der Waals surface area contributed by atoms with Gasteiger partial charge in [-0.1, -0.05) is 0 Å². The van der Waals surface area contributed by atoms with Crippen LogP contribution in [0.15, 0.2) is 41.5 Å². The van der Waals surface area contributed by atoms with Crippen LogP contribution in [0.4, 0.5) is 19.3 Å². The van der Waals surface area contributed by atoms with Gasteiger partial charge in [0, 0.05) is 52.4 Å². The number of fused-ring (bicyclic) bond motifs is 1. The van der Waals surface area contributed by atoms with Gasteiger partial charge in [-0.3, -0.25) is 19.0 Å². The molecule has 246 valence electrons. The van der Waals surface area contributed by atoms with Crippen LogP contribution in [-0.2, 0) is 21.5 Å². The molecule has 2 aromatic carbocycles. The first-order valence-corrected chi connectivity index (χ1v) is 16.2. The molecule has 1 atom stereocenters. The molecule has 1 aromatic heterocycles. The van der Waals surface area contributed by atoms with E-state index in [9.17, 15) is 32.0 Å². The Hall–Kier alpha value is -4.33. The molecule has 2 saturated heterocycles. The highest BCUT2D eigenvalue weighted by molar-refractivity contribution is 7.90. The van der Waals surface area contributed by atoms with Gasteiger partial charge in [0.25, 0.3) is 5.56 Å². The highest BCUT2D eigenvalue weighted by Crippen LogP contribution is 2.34. The van der Waals surface area contributed by atoms with Crippen LogP contribution < -0.4 is 15.0 Å². The van der Waals surface area contributed by atoms with Gasteiger partial charge in [0.05, 0.1) is 22.9 Å². The minimum absolute atomic E-state index is 0.0256. The molecule has 3 aromatic rings. The standard InChI is InChI=1S/C30H35F2N7O6S/c1-30(2,3)45-29(41)37-13-10-36(11-14-37)12-15-38-19-34-25-6-4-21(16-22(25)28(38)40)44-27-23(17-33)26(7-5-24(27)32)35-46(42,43)39-9-8-20(31)18-39/h4-7,16,19-20,35H,8-15,18H2,1-3H3/t20-/m1/s1. The van der Waals surface area contributed by atoms with Crippen LogP contribution in [0.1, 0.15) is 32.8 Å². The van der Waals surface area contributed by atoms with Gasteiger partial charge in [-0.25, -0.2) is 18.6 Å². The van der Waals surface area contributed by atoms with Crippen molar-refractivity contribution in [2.75, 3.05) is 50.5 Å². The van der Waals surface area contributed by atoms with Crippen molar-refractivity contribution in [2.24, 2.45) is 0 Å². The van der Waals surface area contributed by atoms with E-state index in [0.717, 1.165) is 16.4 Å². The fourth-order valence-electron chi connectivity index (χ4n) is 5.17. The molecule has 46 heavy (non-hydrogen) atoms. The molecule has 0 saturated carbocycles. The topological polar surface area (TPSA) is 150 Å². The van der Waals surface area contributed by atoms with Gasteiger partial charge < -0.3 is 14.4 Å². The zero-order valence-electron chi connectivity index (χ0n) is 25.7. The van der Waals surface area contributed by atoms with Crippen LogP contribution in [0, 0.1) is 17.1 Å². The molecule has 0 aliphatic carbocycles. The lowest BCUT2D eigenvalue weighted by Gasteiger charge is -2.35. The van der Waals surface area contributed by atoms with Crippen molar-refractivity contribution in [1.82, 2.24) is 23.7 Å². The molecule has 0 radical (unpaired) electrons. The number of alkyl halides is 1. The second-order valence-electron chi connectivity index (χ2n) is 12.1. The predicted molar refractivity (Wildman–Crippen MR) is 165 cm³/mol. The van der Waals surface area contributed by atoms with E-state index < -0.39 is 39.1 Å². The normalized spacial score (nSPS) is 18.0. The minimum Gasteiger partial charge on any atom is -0.453 e. The van der Waals surface area contributed by atoms with Crippen molar-refractivity contribution in [3.8, 4) is 17.6 Å². The summed E-state index contributed by atoms with van der Waals surface area (Å²) in [5.74, 6) is -1.45. The summed E-state index contributed by atoms with van der Waals surface area (Å²) in [5.41, 5.74) is -1.22. The number of nitrogens with one attached hydrogen (secondary N) is 1. The van der Waals surface area contributed by atoms with Crippen LogP contribution in [0.2, 0.25) is 0 Å². The number of hydrogen-bond donors (Lipinski definition) is 1. The lowest BCUT2D eigenvalue weighted by Crippen LogP contribution is -2.50. The second-order valence-corrected chi connectivity index (χ2v) is 13.8. The quantitative estimate of drug-likeness (QED) is 0.384. The number of carbonyl (C=O) groups excluding carboxylic acids is 1. The van der Waals surface area contributed by atoms with Crippen molar-refractivity contribution in [2.45, 2.75) is 45.5 Å². The maximum absolute atomic E-state index is 14.9. The number of piperazine rings is 1. The number of benzene rings is 2. The van der Waals surface area contributed by atoms with Gasteiger partial charge in [-0.05, 0) is 57.5 Å². The van der Waals surface area contributed by atoms with Crippen molar-refractivity contribution < 1.29 is 31.5 Å². The Morgan fingerprint density at radius 3 is 2.52 bits per heavy atom. The van der Waals surface area contributed by atoms with E-state index in [4.69, 9.17) is 9.47 Å². The fraction of sp³-hybridized carbons (Fsp3) is 0.467. The Kier molecular flexibility index (Phi) is 9.47. The first-order valence-electron chi connectivity index (χ1n) is 14.8. The molecule has 2 fully saturated rings. The summed E-state index contributed by atoms with van der Waals surface area (Å²) in [6.45, 7) is 8.19. The summed E-state index contributed by atoms with van der Waals surface area (Å²) < 4.78 is 69.8. The number of nitrogens with zero attached hydrogens (tertiary/aromatic N) is 6. The number of aromatic nitrogens is 2. The van der Waals surface area contributed by atoms with Crippen LogP contribution >= 0.6 is 0 Å². The SMILES string of the molecule is CC(C)(C)OC(=O)N1CCN(CCn2cnc3ccc(Oc4c(F)ccc(NS(=O)(=O)N5CC[C@@H](F)C5)c4C#N)cc3c2=O)CC1. The number of anilines is 1. The monoisotopic (exact) mass is 659 g/mol. The van der Waals surface area contributed by atoms with E-state index in [1.165, 1.54) is 29.1 Å². The maximum Gasteiger partial charge on any atom is 0.410 e. The number of amides is 1. The van der Waals surface area contributed by atoms with Crippen molar-refractivity contribution in [1.29, 1.82) is 5.26 Å². The summed E-state index contributed by atoms with van der Waals surface area (Å²) in [6, 6.07) is 8.15. The van der Waals surface area contributed by atoms with E-state index in [2.05, 4.69) is 14.6 Å². The number of hydrogen-bond acceptors (Lipinski definition) is 9. The van der Waals surface area contributed by atoms with Gasteiger partial charge in [0.2, 0.25) is 0 Å². The average molecular weight is 660 g/mol. The lowest BCUT2D eigenvalue weighted by molar-refractivity contribution is 0.0142. The van der Waals surface area contributed by atoms with E-state index in [0.29, 0.717) is 44.8 Å². The third-order valence-corrected chi connectivity index (χ3v) is 9.08. The summed E-state index contributed by atoms with van der Waals surface area (Å²) in [4.78, 5) is 33.9. The molecular formula is C30H35F2N7O6S. The number of nitriles is 1. The number of halogens is 2. The molecule has 0 spiro atoms. The number of rotatable bonds is 8. The summed E-state index contributed by atoms with van der Waals surface area (Å²) in [5, 5.41) is 10.0. The molecule has 2 aliphatic rings. The molecule has 3 heterocycles. The Morgan fingerprint density at radius 1 is 1.13 bits per heavy atom. The molecule has 0 bridgehead atoms. The average Bonchev–Trinajstić information content (AvgIpc) is 3.45. The minimum atomic E-state index is -4.21. The fourth-order valence-corrected chi connectivity index (χ4v) is 6.45. The first-order chi connectivity index (χ1) is 21.7. The lowest BCUT2D eigenvalue weighted by atomic mass is 10.1. The van der Waals surface area contributed by atoms with Crippen molar-refractivity contribution >= 4 is 32.9 Å². The number of carbonyl (C=O) groups is 1. The maximum atomic E-state index is 14.9. The van der Waals surface area contributed by atoms with Gasteiger partial charge >= 0.3 is 16.3 Å². The van der Waals surface area contributed by atoms with Crippen LogP contribution in [0.25, 0.3) is 10.9 Å². The van der Waals surface area contributed by atoms with E-state index in [1.54, 1.807) is 11.0 Å². The molecule has 16 heteroatoms. The molecule has 1 N–H and O–H groups in total. The van der Waals surface area contributed by atoms with Gasteiger partial charge in [0.15, 0.2) is 11.6 Å². The molecule has 13 nitrogen and oxygen atoms in total. The summed E-state index contributed by atoms with van der Waals surface area (Å²) in [7, 11) is -4.21. The van der Waals surface area contributed by atoms with E-state index >= 15 is 0 Å². The second kappa shape index (κ2) is 13.2. The van der Waals surface area contributed by atoms with Crippen LogP contribution in [0.3, 0.4) is 0 Å². The molecule has 2 aliphatic heterocycles. The first kappa shape index (κ1) is 33.0. The molecule has 5 rings (SSSR count). The Labute approximate surface area is 265 Å². The largest absolute Gasteiger partial charge is 0.453 e. The molecule has 0 unspecified atom stereocenters. The Balaban J connectivity index is 1.29. The summed E-state index contributed by atoms with van der Waals surface area (Å²) >= 11 is 0. The Bertz CT molecular complexity index is 1830.